The summed E-state index contributed by atoms with van der Waals surface area (Å²) in [7, 11) is 0. The molecule has 1 aromatic heterocycles. The predicted octanol–water partition coefficient (Wildman–Crippen LogP) is 1.82. The molecule has 8 nitrogen and oxygen atoms in total. The monoisotopic (exact) mass is 418 g/mol. The molecule has 0 spiro atoms. The summed E-state index contributed by atoms with van der Waals surface area (Å²) in [6, 6.07) is 6.08. The van der Waals surface area contributed by atoms with Gasteiger partial charge in [-0.15, -0.1) is 0 Å². The van der Waals surface area contributed by atoms with Crippen LogP contribution in [0.25, 0.3) is 10.2 Å². The van der Waals surface area contributed by atoms with Gasteiger partial charge in [0, 0.05) is 39.3 Å². The van der Waals surface area contributed by atoms with Crippen molar-refractivity contribution < 1.29 is 19.0 Å². The van der Waals surface area contributed by atoms with E-state index in [9.17, 15) is 4.79 Å². The maximum absolute atomic E-state index is 12.0. The first kappa shape index (κ1) is 19.8. The first-order valence-electron chi connectivity index (χ1n) is 9.97. The first-order valence-corrected chi connectivity index (χ1v) is 10.8. The molecule has 1 fully saturated rings. The number of aromatic nitrogens is 1. The summed E-state index contributed by atoms with van der Waals surface area (Å²) in [6.45, 7) is 8.62. The molecule has 4 rings (SSSR count). The summed E-state index contributed by atoms with van der Waals surface area (Å²) in [5.74, 6) is 0.885. The molecule has 2 aliphatic rings. The summed E-state index contributed by atoms with van der Waals surface area (Å²) in [6.07, 6.45) is 1.38. The van der Waals surface area contributed by atoms with Crippen molar-refractivity contribution in [2.75, 3.05) is 64.0 Å². The third kappa shape index (κ3) is 4.73. The largest absolute Gasteiger partial charge is 0.494 e. The van der Waals surface area contributed by atoms with Crippen molar-refractivity contribution in [2.45, 2.75) is 6.92 Å². The number of hydrogen-bond donors (Lipinski definition) is 1. The van der Waals surface area contributed by atoms with E-state index in [1.54, 1.807) is 11.3 Å². The van der Waals surface area contributed by atoms with Gasteiger partial charge in [-0.25, -0.2) is 4.98 Å². The first-order chi connectivity index (χ1) is 14.2. The van der Waals surface area contributed by atoms with Gasteiger partial charge in [0.25, 0.3) is 5.91 Å². The summed E-state index contributed by atoms with van der Waals surface area (Å²) < 4.78 is 17.3. The Morgan fingerprint density at radius 1 is 1.28 bits per heavy atom. The number of anilines is 1. The van der Waals surface area contributed by atoms with Gasteiger partial charge in [-0.2, -0.15) is 0 Å². The minimum atomic E-state index is -0.220. The summed E-state index contributed by atoms with van der Waals surface area (Å²) in [4.78, 5) is 21.5. The number of nitrogens with zero attached hydrogens (tertiary/aromatic N) is 3. The molecule has 1 N–H and O–H groups in total. The Hall–Kier alpha value is -2.52. The van der Waals surface area contributed by atoms with Gasteiger partial charge in [-0.3, -0.25) is 9.69 Å². The van der Waals surface area contributed by atoms with Crippen LogP contribution in [0.3, 0.4) is 0 Å². The van der Waals surface area contributed by atoms with Gasteiger partial charge in [0.1, 0.15) is 30.7 Å². The number of carbonyl (C=O) groups excluding carboxylic acids is 1. The van der Waals surface area contributed by atoms with Crippen LogP contribution in [0, 0.1) is 0 Å². The number of amides is 1. The number of ether oxygens (including phenoxy) is 3. The predicted molar refractivity (Wildman–Crippen MR) is 112 cm³/mol. The van der Waals surface area contributed by atoms with Crippen molar-refractivity contribution >= 4 is 32.6 Å². The Balaban J connectivity index is 1.26. The van der Waals surface area contributed by atoms with E-state index in [1.807, 2.05) is 19.1 Å². The summed E-state index contributed by atoms with van der Waals surface area (Å²) in [5.41, 5.74) is 0.947. The molecule has 0 unspecified atom stereocenters. The second-order valence-electron chi connectivity index (χ2n) is 6.82. The molecule has 156 valence electrons. The van der Waals surface area contributed by atoms with Crippen LogP contribution in [0.2, 0.25) is 0 Å². The van der Waals surface area contributed by atoms with Crippen molar-refractivity contribution in [3.63, 3.8) is 0 Å². The van der Waals surface area contributed by atoms with Gasteiger partial charge in [0.2, 0.25) is 5.76 Å². The summed E-state index contributed by atoms with van der Waals surface area (Å²) >= 11 is 1.71. The van der Waals surface area contributed by atoms with Crippen LogP contribution in [-0.2, 0) is 14.3 Å². The van der Waals surface area contributed by atoms with Crippen molar-refractivity contribution in [3.8, 4) is 5.75 Å². The molecule has 29 heavy (non-hydrogen) atoms. The SMILES string of the molecule is CCOc1cccc2sc(N3CCN(CCNC(=O)C4=COCCO4)CC3)nc12. The third-order valence-corrected chi connectivity index (χ3v) is 5.98. The Morgan fingerprint density at radius 2 is 2.14 bits per heavy atom. The summed E-state index contributed by atoms with van der Waals surface area (Å²) in [5, 5.41) is 3.93. The lowest BCUT2D eigenvalue weighted by Crippen LogP contribution is -2.48. The topological polar surface area (TPSA) is 76.2 Å². The molecule has 0 saturated carbocycles. The molecule has 2 aromatic rings. The highest BCUT2D eigenvalue weighted by Crippen LogP contribution is 2.34. The third-order valence-electron chi connectivity index (χ3n) is 4.90. The molecule has 0 aliphatic carbocycles. The van der Waals surface area contributed by atoms with Gasteiger partial charge in [0.15, 0.2) is 5.13 Å². The smallest absolute Gasteiger partial charge is 0.289 e. The molecule has 1 saturated heterocycles. The lowest BCUT2D eigenvalue weighted by atomic mass is 10.3. The normalized spacial score (nSPS) is 17.4. The van der Waals surface area contributed by atoms with Crippen LogP contribution in [0.15, 0.2) is 30.2 Å². The molecule has 1 amide bonds. The van der Waals surface area contributed by atoms with Crippen LogP contribution < -0.4 is 15.0 Å². The fourth-order valence-corrected chi connectivity index (χ4v) is 4.42. The fourth-order valence-electron chi connectivity index (χ4n) is 3.38. The molecule has 9 heteroatoms. The molecule has 0 atom stereocenters. The van der Waals surface area contributed by atoms with Crippen LogP contribution in [0.5, 0.6) is 5.75 Å². The zero-order valence-corrected chi connectivity index (χ0v) is 17.4. The van der Waals surface area contributed by atoms with Crippen LogP contribution >= 0.6 is 11.3 Å². The van der Waals surface area contributed by atoms with E-state index in [1.165, 1.54) is 6.26 Å². The number of fused-ring (bicyclic) bond motifs is 1. The second kappa shape index (κ2) is 9.32. The number of rotatable bonds is 7. The maximum Gasteiger partial charge on any atom is 0.289 e. The lowest BCUT2D eigenvalue weighted by molar-refractivity contribution is -0.122. The van der Waals surface area contributed by atoms with Crippen molar-refractivity contribution in [1.82, 2.24) is 15.2 Å². The van der Waals surface area contributed by atoms with Gasteiger partial charge in [0.05, 0.1) is 11.3 Å². The zero-order chi connectivity index (χ0) is 20.1. The quantitative estimate of drug-likeness (QED) is 0.735. The standard InChI is InChI=1S/C20H26N4O4S/c1-2-27-15-4-3-5-17-18(15)22-20(29-17)24-10-8-23(9-11-24)7-6-21-19(25)16-14-26-12-13-28-16/h3-5,14H,2,6-13H2,1H3,(H,21,25). The Kier molecular flexibility index (Phi) is 6.36. The molecular formula is C20H26N4O4S. The Morgan fingerprint density at radius 3 is 2.90 bits per heavy atom. The minimum absolute atomic E-state index is 0.220. The molecule has 0 radical (unpaired) electrons. The maximum atomic E-state index is 12.0. The van der Waals surface area contributed by atoms with Crippen molar-refractivity contribution in [1.29, 1.82) is 0 Å². The van der Waals surface area contributed by atoms with E-state index in [2.05, 4.69) is 21.2 Å². The number of hydrogen-bond acceptors (Lipinski definition) is 8. The number of piperazine rings is 1. The fraction of sp³-hybridized carbons (Fsp3) is 0.500. The van der Waals surface area contributed by atoms with Crippen molar-refractivity contribution in [3.05, 3.63) is 30.2 Å². The van der Waals surface area contributed by atoms with Crippen molar-refractivity contribution in [2.24, 2.45) is 0 Å². The van der Waals surface area contributed by atoms with E-state index in [0.717, 1.165) is 53.8 Å². The minimum Gasteiger partial charge on any atom is -0.494 e. The number of benzene rings is 1. The number of nitrogens with one attached hydrogen (secondary N) is 1. The van der Waals surface area contributed by atoms with E-state index in [-0.39, 0.29) is 11.7 Å². The van der Waals surface area contributed by atoms with Gasteiger partial charge >= 0.3 is 0 Å². The van der Waals surface area contributed by atoms with E-state index in [4.69, 9.17) is 19.2 Å². The number of carbonyl (C=O) groups is 1. The molecule has 2 aliphatic heterocycles. The lowest BCUT2D eigenvalue weighted by Gasteiger charge is -2.34. The Labute approximate surface area is 174 Å². The molecule has 1 aromatic carbocycles. The number of thiazole rings is 1. The van der Waals surface area contributed by atoms with Crippen LogP contribution in [0.1, 0.15) is 6.92 Å². The highest BCUT2D eigenvalue weighted by atomic mass is 32.1. The van der Waals surface area contributed by atoms with Crippen LogP contribution in [-0.4, -0.2) is 74.9 Å². The van der Waals surface area contributed by atoms with E-state index >= 15 is 0 Å². The van der Waals surface area contributed by atoms with Gasteiger partial charge in [-0.1, -0.05) is 17.4 Å². The van der Waals surface area contributed by atoms with E-state index in [0.29, 0.717) is 26.4 Å². The highest BCUT2D eigenvalue weighted by molar-refractivity contribution is 7.22. The average molecular weight is 419 g/mol. The molecule has 0 bridgehead atoms. The number of para-hydroxylation sites is 1. The molecular weight excluding hydrogens is 392 g/mol. The molecule has 3 heterocycles. The van der Waals surface area contributed by atoms with E-state index < -0.39 is 0 Å². The highest BCUT2D eigenvalue weighted by Gasteiger charge is 2.21. The average Bonchev–Trinajstić information content (AvgIpc) is 3.20. The van der Waals surface area contributed by atoms with Gasteiger partial charge < -0.3 is 24.4 Å². The Bertz CT molecular complexity index is 876. The zero-order valence-electron chi connectivity index (χ0n) is 16.6. The van der Waals surface area contributed by atoms with Gasteiger partial charge in [-0.05, 0) is 19.1 Å². The second-order valence-corrected chi connectivity index (χ2v) is 7.83. The van der Waals surface area contributed by atoms with Crippen LogP contribution in [0.4, 0.5) is 5.13 Å².